The minimum Gasteiger partial charge on any atom is -0.324 e. The predicted octanol–water partition coefficient (Wildman–Crippen LogP) is 3.64. The van der Waals surface area contributed by atoms with Crippen molar-refractivity contribution >= 4 is 15.9 Å². The van der Waals surface area contributed by atoms with Crippen LogP contribution in [0.5, 0.6) is 0 Å². The average Bonchev–Trinajstić information content (AvgIpc) is 2.69. The second kappa shape index (κ2) is 4.45. The minimum atomic E-state index is 0.231. The van der Waals surface area contributed by atoms with Gasteiger partial charge in [0.15, 0.2) is 0 Å². The standard InChI is InChI=1S/C12H16BrN/c13-11-7-3-6-10(8-11)12(14)9-4-1-2-5-9/h3,6-9,12H,1-2,4-5,14H2/t12-/m0/s1. The lowest BCUT2D eigenvalue weighted by Gasteiger charge is -2.19. The van der Waals surface area contributed by atoms with E-state index in [2.05, 4.69) is 34.1 Å². The van der Waals surface area contributed by atoms with E-state index < -0.39 is 0 Å². The lowest BCUT2D eigenvalue weighted by atomic mass is 9.93. The van der Waals surface area contributed by atoms with E-state index in [1.807, 2.05) is 6.07 Å². The van der Waals surface area contributed by atoms with Gasteiger partial charge in [-0.3, -0.25) is 0 Å². The summed E-state index contributed by atoms with van der Waals surface area (Å²) in [7, 11) is 0. The normalized spacial score (nSPS) is 19.9. The van der Waals surface area contributed by atoms with E-state index in [1.165, 1.54) is 31.2 Å². The molecule has 0 radical (unpaired) electrons. The van der Waals surface area contributed by atoms with Crippen LogP contribution in [0.1, 0.15) is 37.3 Å². The van der Waals surface area contributed by atoms with E-state index >= 15 is 0 Å². The zero-order chi connectivity index (χ0) is 9.97. The Bertz CT molecular complexity index is 305. The minimum absolute atomic E-state index is 0.231. The van der Waals surface area contributed by atoms with Gasteiger partial charge in [-0.2, -0.15) is 0 Å². The van der Waals surface area contributed by atoms with Gasteiger partial charge >= 0.3 is 0 Å². The Morgan fingerprint density at radius 1 is 1.29 bits per heavy atom. The van der Waals surface area contributed by atoms with E-state index in [0.717, 1.165) is 4.47 Å². The summed E-state index contributed by atoms with van der Waals surface area (Å²) in [5, 5.41) is 0. The van der Waals surface area contributed by atoms with Crippen molar-refractivity contribution in [2.24, 2.45) is 11.7 Å². The van der Waals surface area contributed by atoms with Gasteiger partial charge in [0, 0.05) is 10.5 Å². The maximum absolute atomic E-state index is 6.25. The van der Waals surface area contributed by atoms with Gasteiger partial charge in [0.1, 0.15) is 0 Å². The summed E-state index contributed by atoms with van der Waals surface area (Å²) < 4.78 is 1.13. The zero-order valence-electron chi connectivity index (χ0n) is 8.25. The fourth-order valence-electron chi connectivity index (χ4n) is 2.30. The van der Waals surface area contributed by atoms with Crippen molar-refractivity contribution in [2.75, 3.05) is 0 Å². The van der Waals surface area contributed by atoms with Crippen molar-refractivity contribution < 1.29 is 0 Å². The first-order valence-electron chi connectivity index (χ1n) is 5.28. The fourth-order valence-corrected chi connectivity index (χ4v) is 2.72. The molecule has 0 heterocycles. The number of hydrogen-bond acceptors (Lipinski definition) is 1. The molecule has 0 unspecified atom stereocenters. The number of hydrogen-bond donors (Lipinski definition) is 1. The first-order valence-corrected chi connectivity index (χ1v) is 6.08. The van der Waals surface area contributed by atoms with Crippen LogP contribution in [0.15, 0.2) is 28.7 Å². The second-order valence-electron chi connectivity index (χ2n) is 4.13. The van der Waals surface area contributed by atoms with Crippen LogP contribution in [0.4, 0.5) is 0 Å². The van der Waals surface area contributed by atoms with E-state index in [0.29, 0.717) is 5.92 Å². The zero-order valence-corrected chi connectivity index (χ0v) is 9.83. The molecule has 1 aromatic rings. The molecule has 1 saturated carbocycles. The molecule has 14 heavy (non-hydrogen) atoms. The molecular formula is C12H16BrN. The van der Waals surface area contributed by atoms with Crippen molar-refractivity contribution in [1.82, 2.24) is 0 Å². The maximum atomic E-state index is 6.25. The molecule has 1 atom stereocenters. The highest BCUT2D eigenvalue weighted by Crippen LogP contribution is 2.34. The number of rotatable bonds is 2. The van der Waals surface area contributed by atoms with Gasteiger partial charge in [-0.15, -0.1) is 0 Å². The molecule has 76 valence electrons. The molecule has 2 N–H and O–H groups in total. The maximum Gasteiger partial charge on any atom is 0.0323 e. The lowest BCUT2D eigenvalue weighted by Crippen LogP contribution is -2.18. The SMILES string of the molecule is N[C@H](c1cccc(Br)c1)C1CCCC1. The van der Waals surface area contributed by atoms with Crippen LogP contribution in [0.2, 0.25) is 0 Å². The molecule has 1 aliphatic rings. The summed E-state index contributed by atoms with van der Waals surface area (Å²) in [6.45, 7) is 0. The van der Waals surface area contributed by atoms with Crippen molar-refractivity contribution in [3.63, 3.8) is 0 Å². The Morgan fingerprint density at radius 2 is 2.00 bits per heavy atom. The summed E-state index contributed by atoms with van der Waals surface area (Å²) in [5.41, 5.74) is 7.52. The van der Waals surface area contributed by atoms with Crippen molar-refractivity contribution in [3.8, 4) is 0 Å². The molecule has 0 aromatic heterocycles. The molecular weight excluding hydrogens is 238 g/mol. The third-order valence-electron chi connectivity index (χ3n) is 3.14. The average molecular weight is 254 g/mol. The highest BCUT2D eigenvalue weighted by Gasteiger charge is 2.22. The molecule has 0 spiro atoms. The smallest absolute Gasteiger partial charge is 0.0323 e. The van der Waals surface area contributed by atoms with Gasteiger partial charge in [0.05, 0.1) is 0 Å². The molecule has 0 amide bonds. The number of benzene rings is 1. The molecule has 1 aromatic carbocycles. The Hall–Kier alpha value is -0.340. The third-order valence-corrected chi connectivity index (χ3v) is 3.63. The molecule has 1 nitrogen and oxygen atoms in total. The van der Waals surface area contributed by atoms with Gasteiger partial charge in [-0.05, 0) is 36.5 Å². The highest BCUT2D eigenvalue weighted by atomic mass is 79.9. The van der Waals surface area contributed by atoms with E-state index in [1.54, 1.807) is 0 Å². The molecule has 0 aliphatic heterocycles. The number of nitrogens with two attached hydrogens (primary N) is 1. The van der Waals surface area contributed by atoms with Crippen LogP contribution in [0.25, 0.3) is 0 Å². The van der Waals surface area contributed by atoms with Crippen molar-refractivity contribution in [2.45, 2.75) is 31.7 Å². The fraction of sp³-hybridized carbons (Fsp3) is 0.500. The molecule has 0 bridgehead atoms. The van der Waals surface area contributed by atoms with Crippen LogP contribution in [0, 0.1) is 5.92 Å². The Balaban J connectivity index is 2.13. The topological polar surface area (TPSA) is 26.0 Å². The van der Waals surface area contributed by atoms with Crippen LogP contribution >= 0.6 is 15.9 Å². The molecule has 0 saturated heterocycles. The van der Waals surface area contributed by atoms with Crippen molar-refractivity contribution in [3.05, 3.63) is 34.3 Å². The van der Waals surface area contributed by atoms with Crippen LogP contribution in [-0.2, 0) is 0 Å². The lowest BCUT2D eigenvalue weighted by molar-refractivity contribution is 0.445. The van der Waals surface area contributed by atoms with Gasteiger partial charge in [-0.25, -0.2) is 0 Å². The second-order valence-corrected chi connectivity index (χ2v) is 5.04. The van der Waals surface area contributed by atoms with Crippen LogP contribution in [-0.4, -0.2) is 0 Å². The molecule has 2 heteroatoms. The first-order chi connectivity index (χ1) is 6.77. The molecule has 1 fully saturated rings. The summed E-state index contributed by atoms with van der Waals surface area (Å²) in [5.74, 6) is 0.698. The first kappa shape index (κ1) is 10.2. The third kappa shape index (κ3) is 2.18. The highest BCUT2D eigenvalue weighted by molar-refractivity contribution is 9.10. The summed E-state index contributed by atoms with van der Waals surface area (Å²) in [6, 6.07) is 8.62. The van der Waals surface area contributed by atoms with E-state index in [4.69, 9.17) is 5.73 Å². The predicted molar refractivity (Wildman–Crippen MR) is 63.0 cm³/mol. The van der Waals surface area contributed by atoms with Gasteiger partial charge in [0.25, 0.3) is 0 Å². The Morgan fingerprint density at radius 3 is 2.64 bits per heavy atom. The number of halogens is 1. The Kier molecular flexibility index (Phi) is 3.24. The van der Waals surface area contributed by atoms with Crippen LogP contribution in [0.3, 0.4) is 0 Å². The largest absolute Gasteiger partial charge is 0.324 e. The van der Waals surface area contributed by atoms with Gasteiger partial charge in [0.2, 0.25) is 0 Å². The van der Waals surface area contributed by atoms with Crippen LogP contribution < -0.4 is 5.73 Å². The van der Waals surface area contributed by atoms with E-state index in [9.17, 15) is 0 Å². The monoisotopic (exact) mass is 253 g/mol. The van der Waals surface area contributed by atoms with E-state index in [-0.39, 0.29) is 6.04 Å². The Labute approximate surface area is 93.8 Å². The summed E-state index contributed by atoms with van der Waals surface area (Å²) in [6.07, 6.45) is 5.31. The molecule has 2 rings (SSSR count). The van der Waals surface area contributed by atoms with Gasteiger partial charge in [-0.1, -0.05) is 40.9 Å². The summed E-state index contributed by atoms with van der Waals surface area (Å²) >= 11 is 3.48. The molecule has 1 aliphatic carbocycles. The van der Waals surface area contributed by atoms with Crippen molar-refractivity contribution in [1.29, 1.82) is 0 Å². The quantitative estimate of drug-likeness (QED) is 0.856. The summed E-state index contributed by atoms with van der Waals surface area (Å²) in [4.78, 5) is 0. The van der Waals surface area contributed by atoms with Gasteiger partial charge < -0.3 is 5.73 Å².